The van der Waals surface area contributed by atoms with Gasteiger partial charge in [-0.25, -0.2) is 0 Å². The zero-order chi connectivity index (χ0) is 15.1. The minimum Gasteiger partial charge on any atom is -0.340 e. The standard InChI is InChI=1S/C17H27N3O/c1-3-20(16-9-11-18-12-10-16)14-17(21)19(2)13-15-7-5-4-6-8-15/h4-8,16,18H,3,9-14H2,1-2H3. The summed E-state index contributed by atoms with van der Waals surface area (Å²) in [4.78, 5) is 16.6. The molecule has 4 heteroatoms. The summed E-state index contributed by atoms with van der Waals surface area (Å²) in [6.45, 7) is 6.43. The quantitative estimate of drug-likeness (QED) is 0.866. The summed E-state index contributed by atoms with van der Waals surface area (Å²) >= 11 is 0. The number of rotatable bonds is 6. The minimum absolute atomic E-state index is 0.208. The van der Waals surface area contributed by atoms with E-state index < -0.39 is 0 Å². The lowest BCUT2D eigenvalue weighted by Crippen LogP contribution is -2.47. The van der Waals surface area contributed by atoms with Crippen molar-refractivity contribution in [2.24, 2.45) is 0 Å². The van der Waals surface area contributed by atoms with Crippen LogP contribution in [0, 0.1) is 0 Å². The van der Waals surface area contributed by atoms with Crippen LogP contribution in [0.1, 0.15) is 25.3 Å². The van der Waals surface area contributed by atoms with E-state index in [1.807, 2.05) is 30.1 Å². The molecule has 0 spiro atoms. The Kier molecular flexibility index (Phi) is 6.21. The minimum atomic E-state index is 0.208. The lowest BCUT2D eigenvalue weighted by Gasteiger charge is -2.34. The molecule has 4 nitrogen and oxygen atoms in total. The van der Waals surface area contributed by atoms with Gasteiger partial charge in [0.25, 0.3) is 0 Å². The number of hydrogen-bond donors (Lipinski definition) is 1. The summed E-state index contributed by atoms with van der Waals surface area (Å²) < 4.78 is 0. The molecule has 1 fully saturated rings. The summed E-state index contributed by atoms with van der Waals surface area (Å²) in [5, 5.41) is 3.38. The van der Waals surface area contributed by atoms with Crippen LogP contribution in [0.3, 0.4) is 0 Å². The highest BCUT2D eigenvalue weighted by atomic mass is 16.2. The number of piperidine rings is 1. The Labute approximate surface area is 128 Å². The molecule has 0 bridgehead atoms. The average molecular weight is 289 g/mol. The van der Waals surface area contributed by atoms with Gasteiger partial charge in [-0.1, -0.05) is 37.3 Å². The van der Waals surface area contributed by atoms with Gasteiger partial charge in [-0.15, -0.1) is 0 Å². The van der Waals surface area contributed by atoms with E-state index in [4.69, 9.17) is 0 Å². The molecule has 1 aromatic carbocycles. The third-order valence-electron chi connectivity index (χ3n) is 4.26. The fourth-order valence-electron chi connectivity index (χ4n) is 2.91. The fourth-order valence-corrected chi connectivity index (χ4v) is 2.91. The van der Waals surface area contributed by atoms with E-state index in [1.54, 1.807) is 0 Å². The lowest BCUT2D eigenvalue weighted by molar-refractivity contribution is -0.132. The van der Waals surface area contributed by atoms with E-state index in [0.29, 0.717) is 19.1 Å². The van der Waals surface area contributed by atoms with Crippen molar-refractivity contribution in [2.45, 2.75) is 32.4 Å². The third-order valence-corrected chi connectivity index (χ3v) is 4.26. The Hall–Kier alpha value is -1.39. The van der Waals surface area contributed by atoms with Gasteiger partial charge in [-0.3, -0.25) is 9.69 Å². The molecule has 1 heterocycles. The summed E-state index contributed by atoms with van der Waals surface area (Å²) in [5.41, 5.74) is 1.18. The van der Waals surface area contributed by atoms with Gasteiger partial charge in [0.15, 0.2) is 0 Å². The van der Waals surface area contributed by atoms with Crippen molar-refractivity contribution in [3.8, 4) is 0 Å². The van der Waals surface area contributed by atoms with E-state index in [9.17, 15) is 4.79 Å². The Morgan fingerprint density at radius 3 is 2.52 bits per heavy atom. The van der Waals surface area contributed by atoms with E-state index in [0.717, 1.165) is 32.5 Å². The van der Waals surface area contributed by atoms with E-state index >= 15 is 0 Å². The van der Waals surface area contributed by atoms with Crippen LogP contribution in [-0.2, 0) is 11.3 Å². The number of likely N-dealkylation sites (N-methyl/N-ethyl adjacent to an activating group) is 2. The number of carbonyl (C=O) groups is 1. The predicted octanol–water partition coefficient (Wildman–Crippen LogP) is 1.72. The van der Waals surface area contributed by atoms with Gasteiger partial charge < -0.3 is 10.2 Å². The first-order valence-corrected chi connectivity index (χ1v) is 7.93. The highest BCUT2D eigenvalue weighted by molar-refractivity contribution is 5.78. The van der Waals surface area contributed by atoms with Crippen LogP contribution in [0.2, 0.25) is 0 Å². The van der Waals surface area contributed by atoms with Crippen LogP contribution in [0.25, 0.3) is 0 Å². The number of hydrogen-bond acceptors (Lipinski definition) is 3. The van der Waals surface area contributed by atoms with Gasteiger partial charge in [-0.2, -0.15) is 0 Å². The number of benzene rings is 1. The molecule has 21 heavy (non-hydrogen) atoms. The maximum atomic E-state index is 12.4. The van der Waals surface area contributed by atoms with Crippen LogP contribution in [-0.4, -0.2) is 55.0 Å². The average Bonchev–Trinajstić information content (AvgIpc) is 2.54. The van der Waals surface area contributed by atoms with Crippen molar-refractivity contribution in [1.82, 2.24) is 15.1 Å². The van der Waals surface area contributed by atoms with Crippen molar-refractivity contribution in [3.05, 3.63) is 35.9 Å². The molecule has 0 radical (unpaired) electrons. The molecule has 0 saturated carbocycles. The van der Waals surface area contributed by atoms with E-state index in [1.165, 1.54) is 5.56 Å². The molecule has 1 amide bonds. The first kappa shape index (κ1) is 16.0. The van der Waals surface area contributed by atoms with Crippen LogP contribution >= 0.6 is 0 Å². The molecule has 0 unspecified atom stereocenters. The normalized spacial score (nSPS) is 16.1. The second kappa shape index (κ2) is 8.15. The first-order valence-electron chi connectivity index (χ1n) is 7.93. The number of carbonyl (C=O) groups excluding carboxylic acids is 1. The van der Waals surface area contributed by atoms with E-state index in [2.05, 4.69) is 29.3 Å². The molecule has 1 saturated heterocycles. The second-order valence-corrected chi connectivity index (χ2v) is 5.78. The van der Waals surface area contributed by atoms with Gasteiger partial charge >= 0.3 is 0 Å². The smallest absolute Gasteiger partial charge is 0.236 e. The van der Waals surface area contributed by atoms with Crippen molar-refractivity contribution >= 4 is 5.91 Å². The van der Waals surface area contributed by atoms with Crippen LogP contribution < -0.4 is 5.32 Å². The van der Waals surface area contributed by atoms with Gasteiger partial charge in [0, 0.05) is 19.6 Å². The number of amides is 1. The number of nitrogens with one attached hydrogen (secondary N) is 1. The van der Waals surface area contributed by atoms with E-state index in [-0.39, 0.29) is 5.91 Å². The highest BCUT2D eigenvalue weighted by Gasteiger charge is 2.22. The number of nitrogens with zero attached hydrogens (tertiary/aromatic N) is 2. The summed E-state index contributed by atoms with van der Waals surface area (Å²) in [5.74, 6) is 0.208. The maximum Gasteiger partial charge on any atom is 0.236 e. The van der Waals surface area contributed by atoms with Gasteiger partial charge in [-0.05, 0) is 38.0 Å². The monoisotopic (exact) mass is 289 g/mol. The molecule has 0 aromatic heterocycles. The zero-order valence-electron chi connectivity index (χ0n) is 13.2. The maximum absolute atomic E-state index is 12.4. The zero-order valence-corrected chi connectivity index (χ0v) is 13.2. The van der Waals surface area contributed by atoms with Crippen LogP contribution in [0.15, 0.2) is 30.3 Å². The predicted molar refractivity (Wildman–Crippen MR) is 86.1 cm³/mol. The van der Waals surface area contributed by atoms with Crippen molar-refractivity contribution in [1.29, 1.82) is 0 Å². The Morgan fingerprint density at radius 1 is 1.24 bits per heavy atom. The molecule has 2 rings (SSSR count). The molecule has 1 N–H and O–H groups in total. The topological polar surface area (TPSA) is 35.6 Å². The third kappa shape index (κ3) is 4.83. The molecular weight excluding hydrogens is 262 g/mol. The van der Waals surface area contributed by atoms with Gasteiger partial charge in [0.05, 0.1) is 6.54 Å². The fraction of sp³-hybridized carbons (Fsp3) is 0.588. The SMILES string of the molecule is CCN(CC(=O)N(C)Cc1ccccc1)C1CCNCC1. The molecule has 0 aliphatic carbocycles. The Bertz CT molecular complexity index is 429. The van der Waals surface area contributed by atoms with Gasteiger partial charge in [0.2, 0.25) is 5.91 Å². The molecule has 1 aliphatic heterocycles. The first-order chi connectivity index (χ1) is 10.2. The lowest BCUT2D eigenvalue weighted by atomic mass is 10.0. The van der Waals surface area contributed by atoms with Gasteiger partial charge in [0.1, 0.15) is 0 Å². The van der Waals surface area contributed by atoms with Crippen molar-refractivity contribution in [2.75, 3.05) is 33.2 Å². The molecule has 116 valence electrons. The summed E-state index contributed by atoms with van der Waals surface area (Å²) in [7, 11) is 1.89. The van der Waals surface area contributed by atoms with Crippen LogP contribution in [0.4, 0.5) is 0 Å². The molecular formula is C17H27N3O. The van der Waals surface area contributed by atoms with Crippen molar-refractivity contribution < 1.29 is 4.79 Å². The second-order valence-electron chi connectivity index (χ2n) is 5.78. The highest BCUT2D eigenvalue weighted by Crippen LogP contribution is 2.12. The van der Waals surface area contributed by atoms with Crippen molar-refractivity contribution in [3.63, 3.8) is 0 Å². The van der Waals surface area contributed by atoms with Crippen LogP contribution in [0.5, 0.6) is 0 Å². The molecule has 1 aromatic rings. The molecule has 1 aliphatic rings. The summed E-state index contributed by atoms with van der Waals surface area (Å²) in [6, 6.07) is 10.7. The summed E-state index contributed by atoms with van der Waals surface area (Å²) in [6.07, 6.45) is 2.28. The largest absolute Gasteiger partial charge is 0.340 e. The Balaban J connectivity index is 1.86. The Morgan fingerprint density at radius 2 is 1.90 bits per heavy atom. The molecule has 0 atom stereocenters.